The number of aromatic nitrogens is 5. The Hall–Kier alpha value is -7.11. The standard InChI is InChI=1S/C49H33N5/c1-4-15-33(16-5-1)47-50-48(34-17-6-2-7-18-34)52-49(51-47)54-45-31-36(25-27-40(45)41-28-24-32-14-10-11-21-38(32)46(41)54)35-26-29-44-42(30-35)39-22-12-13-23-43(39)53(44)37-19-8-3-9-20-37/h1-24,26,28-31H,25,27H2. The van der Waals surface area contributed by atoms with Crippen LogP contribution in [0.5, 0.6) is 0 Å². The Morgan fingerprint density at radius 1 is 0.426 bits per heavy atom. The second-order valence-electron chi connectivity index (χ2n) is 14.0. The third-order valence-electron chi connectivity index (χ3n) is 10.9. The molecule has 0 bridgehead atoms. The second-order valence-corrected chi connectivity index (χ2v) is 14.0. The van der Waals surface area contributed by atoms with Crippen LogP contribution in [-0.2, 0) is 6.42 Å². The molecule has 5 nitrogen and oxygen atoms in total. The molecule has 0 amide bonds. The highest BCUT2D eigenvalue weighted by Gasteiger charge is 2.26. The number of fused-ring (bicyclic) bond motifs is 8. The largest absolute Gasteiger partial charge is 0.309 e. The van der Waals surface area contributed by atoms with Gasteiger partial charge in [-0.2, -0.15) is 9.97 Å². The van der Waals surface area contributed by atoms with E-state index in [4.69, 9.17) is 15.0 Å². The Kier molecular flexibility index (Phi) is 6.92. The van der Waals surface area contributed by atoms with Crippen molar-refractivity contribution in [2.24, 2.45) is 0 Å². The summed E-state index contributed by atoms with van der Waals surface area (Å²) in [5.74, 6) is 1.91. The SMILES string of the molecule is C1=C(c2ccc3c(c2)c2ccccc2n3-c2ccccc2)CCc2c1n(-c1nc(-c3ccccc3)nc(-c3ccccc3)n1)c1c2ccc2ccccc21. The maximum Gasteiger partial charge on any atom is 0.238 e. The summed E-state index contributed by atoms with van der Waals surface area (Å²) in [6, 6.07) is 60.0. The van der Waals surface area contributed by atoms with Crippen LogP contribution in [0, 0.1) is 0 Å². The molecule has 0 unspecified atom stereocenters. The molecule has 0 saturated carbocycles. The van der Waals surface area contributed by atoms with Crippen LogP contribution in [-0.4, -0.2) is 24.1 Å². The summed E-state index contributed by atoms with van der Waals surface area (Å²) < 4.78 is 4.67. The average Bonchev–Trinajstić information content (AvgIpc) is 3.77. The van der Waals surface area contributed by atoms with Crippen molar-refractivity contribution in [3.8, 4) is 34.4 Å². The number of allylic oxidation sites excluding steroid dienone is 1. The van der Waals surface area contributed by atoms with E-state index in [1.807, 2.05) is 36.4 Å². The van der Waals surface area contributed by atoms with Crippen molar-refractivity contribution in [2.75, 3.05) is 0 Å². The quantitative estimate of drug-likeness (QED) is 0.180. The lowest BCUT2D eigenvalue weighted by atomic mass is 9.90. The average molecular weight is 692 g/mol. The number of rotatable bonds is 5. The van der Waals surface area contributed by atoms with Crippen molar-refractivity contribution in [3.63, 3.8) is 0 Å². The van der Waals surface area contributed by atoms with Gasteiger partial charge in [0.25, 0.3) is 0 Å². The van der Waals surface area contributed by atoms with Crippen LogP contribution in [0.2, 0.25) is 0 Å². The van der Waals surface area contributed by atoms with Gasteiger partial charge in [-0.3, -0.25) is 4.57 Å². The van der Waals surface area contributed by atoms with E-state index in [2.05, 4.69) is 149 Å². The van der Waals surface area contributed by atoms with Gasteiger partial charge in [0, 0.05) is 38.4 Å². The Bertz CT molecular complexity index is 3030. The fourth-order valence-corrected chi connectivity index (χ4v) is 8.40. The molecule has 1 aliphatic carbocycles. The lowest BCUT2D eigenvalue weighted by Gasteiger charge is -2.17. The lowest BCUT2D eigenvalue weighted by molar-refractivity contribution is 0.907. The molecule has 3 heterocycles. The summed E-state index contributed by atoms with van der Waals surface area (Å²) in [6.07, 6.45) is 4.23. The van der Waals surface area contributed by atoms with E-state index >= 15 is 0 Å². The molecule has 10 aromatic rings. The van der Waals surface area contributed by atoms with Gasteiger partial charge < -0.3 is 4.57 Å². The van der Waals surface area contributed by atoms with E-state index in [9.17, 15) is 0 Å². The van der Waals surface area contributed by atoms with E-state index in [0.717, 1.165) is 40.9 Å². The molecule has 254 valence electrons. The maximum atomic E-state index is 5.25. The van der Waals surface area contributed by atoms with E-state index in [-0.39, 0.29) is 0 Å². The molecule has 0 spiro atoms. The normalized spacial score (nSPS) is 12.8. The predicted octanol–water partition coefficient (Wildman–Crippen LogP) is 11.9. The fraction of sp³-hybridized carbons (Fsp3) is 0.0408. The molecular formula is C49H33N5. The first-order valence-corrected chi connectivity index (χ1v) is 18.5. The number of aryl methyl sites for hydroxylation is 1. The predicted molar refractivity (Wildman–Crippen MR) is 222 cm³/mol. The Labute approximate surface area is 312 Å². The van der Waals surface area contributed by atoms with Crippen molar-refractivity contribution < 1.29 is 0 Å². The smallest absolute Gasteiger partial charge is 0.238 e. The van der Waals surface area contributed by atoms with E-state index < -0.39 is 0 Å². The van der Waals surface area contributed by atoms with Gasteiger partial charge in [0.15, 0.2) is 11.6 Å². The lowest BCUT2D eigenvalue weighted by Crippen LogP contribution is -2.09. The van der Waals surface area contributed by atoms with Crippen molar-refractivity contribution in [3.05, 3.63) is 187 Å². The van der Waals surface area contributed by atoms with Gasteiger partial charge in [-0.15, -0.1) is 0 Å². The minimum Gasteiger partial charge on any atom is -0.309 e. The van der Waals surface area contributed by atoms with Crippen molar-refractivity contribution >= 4 is 55.1 Å². The summed E-state index contributed by atoms with van der Waals surface area (Å²) >= 11 is 0. The van der Waals surface area contributed by atoms with Crippen molar-refractivity contribution in [2.45, 2.75) is 12.8 Å². The van der Waals surface area contributed by atoms with Crippen LogP contribution < -0.4 is 0 Å². The number of hydrogen-bond acceptors (Lipinski definition) is 3. The minimum absolute atomic E-state index is 0.615. The molecule has 1 aliphatic rings. The van der Waals surface area contributed by atoms with Gasteiger partial charge in [-0.1, -0.05) is 140 Å². The second kappa shape index (κ2) is 12.2. The molecule has 11 rings (SSSR count). The van der Waals surface area contributed by atoms with Crippen LogP contribution in [0.25, 0.3) is 89.5 Å². The molecule has 7 aromatic carbocycles. The Morgan fingerprint density at radius 2 is 1.06 bits per heavy atom. The number of benzene rings is 7. The van der Waals surface area contributed by atoms with E-state index in [1.165, 1.54) is 54.7 Å². The topological polar surface area (TPSA) is 48.5 Å². The molecule has 5 heteroatoms. The van der Waals surface area contributed by atoms with Gasteiger partial charge >= 0.3 is 0 Å². The summed E-state index contributed by atoms with van der Waals surface area (Å²) in [7, 11) is 0. The number of para-hydroxylation sites is 2. The first-order valence-electron chi connectivity index (χ1n) is 18.5. The first-order chi connectivity index (χ1) is 26.8. The zero-order chi connectivity index (χ0) is 35.6. The highest BCUT2D eigenvalue weighted by molar-refractivity contribution is 6.12. The van der Waals surface area contributed by atoms with Gasteiger partial charge in [-0.05, 0) is 71.3 Å². The van der Waals surface area contributed by atoms with Crippen LogP contribution >= 0.6 is 0 Å². The van der Waals surface area contributed by atoms with Gasteiger partial charge in [0.05, 0.1) is 22.2 Å². The molecule has 0 N–H and O–H groups in total. The number of nitrogens with zero attached hydrogens (tertiary/aromatic N) is 5. The Balaban J connectivity index is 1.17. The molecular weight excluding hydrogens is 659 g/mol. The molecule has 0 radical (unpaired) electrons. The third-order valence-corrected chi connectivity index (χ3v) is 10.9. The Morgan fingerprint density at radius 3 is 1.80 bits per heavy atom. The highest BCUT2D eigenvalue weighted by Crippen LogP contribution is 2.42. The van der Waals surface area contributed by atoms with Crippen LogP contribution in [0.4, 0.5) is 0 Å². The molecule has 0 saturated heterocycles. The van der Waals surface area contributed by atoms with Crippen molar-refractivity contribution in [1.29, 1.82) is 0 Å². The zero-order valence-electron chi connectivity index (χ0n) is 29.4. The molecule has 0 fully saturated rings. The summed E-state index contributed by atoms with van der Waals surface area (Å²) in [5.41, 5.74) is 11.6. The van der Waals surface area contributed by atoms with E-state index in [1.54, 1.807) is 0 Å². The summed E-state index contributed by atoms with van der Waals surface area (Å²) in [5, 5.41) is 6.11. The number of hydrogen-bond donors (Lipinski definition) is 0. The van der Waals surface area contributed by atoms with Gasteiger partial charge in [0.1, 0.15) is 0 Å². The minimum atomic E-state index is 0.615. The first kappa shape index (κ1) is 30.5. The van der Waals surface area contributed by atoms with Crippen LogP contribution in [0.15, 0.2) is 170 Å². The molecule has 0 aliphatic heterocycles. The van der Waals surface area contributed by atoms with E-state index in [0.29, 0.717) is 17.6 Å². The zero-order valence-corrected chi connectivity index (χ0v) is 29.4. The summed E-state index contributed by atoms with van der Waals surface area (Å²) in [6.45, 7) is 0. The van der Waals surface area contributed by atoms with Crippen LogP contribution in [0.3, 0.4) is 0 Å². The molecule has 0 atom stereocenters. The monoisotopic (exact) mass is 691 g/mol. The van der Waals surface area contributed by atoms with Crippen molar-refractivity contribution in [1.82, 2.24) is 24.1 Å². The summed E-state index contributed by atoms with van der Waals surface area (Å²) in [4.78, 5) is 15.5. The third kappa shape index (κ3) is 4.82. The fourth-order valence-electron chi connectivity index (χ4n) is 8.40. The molecule has 3 aromatic heterocycles. The van der Waals surface area contributed by atoms with Crippen LogP contribution in [0.1, 0.15) is 23.2 Å². The molecule has 54 heavy (non-hydrogen) atoms. The highest BCUT2D eigenvalue weighted by atomic mass is 15.2. The van der Waals surface area contributed by atoms with Gasteiger partial charge in [0.2, 0.25) is 5.95 Å². The van der Waals surface area contributed by atoms with Gasteiger partial charge in [-0.25, -0.2) is 4.98 Å². The maximum absolute atomic E-state index is 5.25.